The van der Waals surface area contributed by atoms with Crippen LogP contribution >= 0.6 is 0 Å². The normalized spacial score (nSPS) is 12.8. The van der Waals surface area contributed by atoms with Gasteiger partial charge in [0.1, 0.15) is 11.5 Å². The van der Waals surface area contributed by atoms with Crippen molar-refractivity contribution in [3.05, 3.63) is 65.7 Å². The Kier molecular flexibility index (Phi) is 18.6. The zero-order valence-corrected chi connectivity index (χ0v) is 27.1. The van der Waals surface area contributed by atoms with Crippen LogP contribution in [0.15, 0.2) is 54.6 Å². The number of rotatable bonds is 24. The Balaban J connectivity index is 2.14. The van der Waals surface area contributed by atoms with Crippen molar-refractivity contribution in [2.24, 2.45) is 11.8 Å². The van der Waals surface area contributed by atoms with Crippen molar-refractivity contribution in [2.75, 3.05) is 46.7 Å². The number of ether oxygens (including phenoxy) is 3. The summed E-state index contributed by atoms with van der Waals surface area (Å²) in [6.07, 6.45) is -0.227. The van der Waals surface area contributed by atoms with E-state index in [2.05, 4.69) is 10.6 Å². The molecule has 0 heterocycles. The number of benzene rings is 2. The van der Waals surface area contributed by atoms with Crippen molar-refractivity contribution < 1.29 is 48.5 Å². The van der Waals surface area contributed by atoms with Gasteiger partial charge in [-0.2, -0.15) is 0 Å². The van der Waals surface area contributed by atoms with E-state index in [0.29, 0.717) is 26.4 Å². The van der Waals surface area contributed by atoms with E-state index < -0.39 is 41.4 Å². The number of nitrogens with one attached hydrogen (secondary N) is 3. The van der Waals surface area contributed by atoms with Gasteiger partial charge < -0.3 is 34.7 Å². The third-order valence-corrected chi connectivity index (χ3v) is 7.32. The molecule has 0 saturated heterocycles. The largest absolute Gasteiger partial charge is 0.508 e. The van der Waals surface area contributed by atoms with E-state index in [4.69, 9.17) is 19.4 Å². The first-order valence-electron chi connectivity index (χ1n) is 15.6. The molecule has 258 valence electrons. The summed E-state index contributed by atoms with van der Waals surface area (Å²) in [4.78, 5) is 64.4. The van der Waals surface area contributed by atoms with Gasteiger partial charge in [-0.15, -0.1) is 0 Å². The Morgan fingerprint density at radius 1 is 0.766 bits per heavy atom. The lowest BCUT2D eigenvalue weighted by atomic mass is 9.89. The van der Waals surface area contributed by atoms with Gasteiger partial charge in [-0.25, -0.2) is 5.48 Å². The first-order valence-corrected chi connectivity index (χ1v) is 15.6. The fourth-order valence-corrected chi connectivity index (χ4v) is 4.83. The molecule has 0 aromatic heterocycles. The fourth-order valence-electron chi connectivity index (χ4n) is 4.83. The van der Waals surface area contributed by atoms with Crippen LogP contribution in [-0.2, 0) is 51.0 Å². The lowest BCUT2D eigenvalue weighted by molar-refractivity contribution is -0.134. The summed E-state index contributed by atoms with van der Waals surface area (Å²) in [5.41, 5.74) is 3.04. The molecule has 13 nitrogen and oxygen atoms in total. The van der Waals surface area contributed by atoms with Gasteiger partial charge in [0.2, 0.25) is 17.7 Å². The van der Waals surface area contributed by atoms with E-state index in [0.717, 1.165) is 11.1 Å². The van der Waals surface area contributed by atoms with E-state index in [9.17, 15) is 29.1 Å². The van der Waals surface area contributed by atoms with E-state index in [1.54, 1.807) is 31.4 Å². The van der Waals surface area contributed by atoms with Gasteiger partial charge in [-0.3, -0.25) is 24.4 Å². The molecule has 1 unspecified atom stereocenters. The average molecular weight is 658 g/mol. The predicted molar refractivity (Wildman–Crippen MR) is 171 cm³/mol. The van der Waals surface area contributed by atoms with Crippen molar-refractivity contribution in [2.45, 2.75) is 51.5 Å². The van der Waals surface area contributed by atoms with Gasteiger partial charge in [0.15, 0.2) is 5.78 Å². The smallest absolute Gasteiger partial charge is 0.243 e. The maximum Gasteiger partial charge on any atom is 0.243 e. The number of carbonyl (C=O) groups excluding carboxylic acids is 5. The number of phenols is 1. The molecule has 0 aliphatic carbocycles. The van der Waals surface area contributed by atoms with E-state index >= 15 is 0 Å². The standard InChI is InChI=1S/C34H47N3O10/c1-24(38)20-28(21-26-8-11-29(39)12-9-26)34(43)36-30(22-25-6-4-3-5-7-25)31(40)23-27(10-13-32(41)37-44)33(42)35-14-15-46-18-19-47-17-16-45-2/h3-9,11-12,27-28,30,39,44H,10,13-23H2,1-2H3,(H,35,42)(H,36,43)(H,37,41)/t27?,28-,30+/m0/s1. The van der Waals surface area contributed by atoms with E-state index in [1.165, 1.54) is 24.5 Å². The molecule has 0 radical (unpaired) electrons. The fraction of sp³-hybridized carbons (Fsp3) is 0.500. The van der Waals surface area contributed by atoms with E-state index in [-0.39, 0.29) is 63.2 Å². The maximum absolute atomic E-state index is 13.8. The van der Waals surface area contributed by atoms with Crippen molar-refractivity contribution in [1.82, 2.24) is 16.1 Å². The first-order chi connectivity index (χ1) is 22.6. The highest BCUT2D eigenvalue weighted by Crippen LogP contribution is 2.19. The molecular weight excluding hydrogens is 610 g/mol. The molecule has 47 heavy (non-hydrogen) atoms. The molecule has 3 atom stereocenters. The molecule has 5 N–H and O–H groups in total. The van der Waals surface area contributed by atoms with Crippen LogP contribution in [0.1, 0.15) is 43.7 Å². The lowest BCUT2D eigenvalue weighted by Gasteiger charge is -2.24. The Labute approximate surface area is 275 Å². The first kappa shape index (κ1) is 39.0. The zero-order valence-electron chi connectivity index (χ0n) is 27.1. The highest BCUT2D eigenvalue weighted by molar-refractivity contribution is 5.94. The molecule has 0 saturated carbocycles. The maximum atomic E-state index is 13.8. The molecular formula is C34H47N3O10. The summed E-state index contributed by atoms with van der Waals surface area (Å²) in [5, 5.41) is 24.1. The number of methoxy groups -OCH3 is 1. The van der Waals surface area contributed by atoms with Gasteiger partial charge in [-0.1, -0.05) is 42.5 Å². The molecule has 2 aromatic carbocycles. The van der Waals surface area contributed by atoms with Crippen LogP contribution in [0, 0.1) is 11.8 Å². The van der Waals surface area contributed by atoms with Crippen molar-refractivity contribution in [3.63, 3.8) is 0 Å². The van der Waals surface area contributed by atoms with Crippen LogP contribution in [0.3, 0.4) is 0 Å². The molecule has 2 rings (SSSR count). The third kappa shape index (κ3) is 16.3. The number of amides is 3. The number of Topliss-reactive ketones (excluding diaryl/α,β-unsaturated/α-hetero) is 2. The summed E-state index contributed by atoms with van der Waals surface area (Å²) in [6, 6.07) is 14.3. The summed E-state index contributed by atoms with van der Waals surface area (Å²) >= 11 is 0. The Hall–Kier alpha value is -4.17. The molecule has 0 spiro atoms. The number of ketones is 2. The molecule has 0 aliphatic heterocycles. The quantitative estimate of drug-likeness (QED) is 0.0634. The van der Waals surface area contributed by atoms with Crippen LogP contribution < -0.4 is 16.1 Å². The van der Waals surface area contributed by atoms with Crippen molar-refractivity contribution in [3.8, 4) is 5.75 Å². The highest BCUT2D eigenvalue weighted by atomic mass is 16.5. The Morgan fingerprint density at radius 3 is 2.04 bits per heavy atom. The molecule has 2 aromatic rings. The summed E-state index contributed by atoms with van der Waals surface area (Å²) < 4.78 is 15.7. The molecule has 0 aliphatic rings. The highest BCUT2D eigenvalue weighted by Gasteiger charge is 2.30. The number of aromatic hydroxyl groups is 1. The summed E-state index contributed by atoms with van der Waals surface area (Å²) in [7, 11) is 1.58. The summed E-state index contributed by atoms with van der Waals surface area (Å²) in [5.74, 6) is -3.94. The predicted octanol–water partition coefficient (Wildman–Crippen LogP) is 1.91. The average Bonchev–Trinajstić information content (AvgIpc) is 3.06. The molecule has 0 fully saturated rings. The number of hydrogen-bond donors (Lipinski definition) is 5. The minimum atomic E-state index is -1.03. The van der Waals surface area contributed by atoms with Gasteiger partial charge >= 0.3 is 0 Å². The molecule has 13 heteroatoms. The second-order valence-corrected chi connectivity index (χ2v) is 11.2. The van der Waals surface area contributed by atoms with E-state index in [1.807, 2.05) is 18.2 Å². The zero-order chi connectivity index (χ0) is 34.4. The number of hydroxylamine groups is 1. The minimum absolute atomic E-state index is 0.0298. The van der Waals surface area contributed by atoms with Crippen LogP contribution in [0.5, 0.6) is 5.75 Å². The van der Waals surface area contributed by atoms with Crippen LogP contribution in [0.2, 0.25) is 0 Å². The lowest BCUT2D eigenvalue weighted by Crippen LogP contribution is -2.47. The van der Waals surface area contributed by atoms with Crippen LogP contribution in [0.4, 0.5) is 0 Å². The minimum Gasteiger partial charge on any atom is -0.508 e. The number of phenolic OH excluding ortho intramolecular Hbond substituents is 1. The van der Waals surface area contributed by atoms with Crippen LogP contribution in [-0.4, -0.2) is 92.3 Å². The molecule has 0 bridgehead atoms. The van der Waals surface area contributed by atoms with Gasteiger partial charge in [0, 0.05) is 44.8 Å². The SMILES string of the molecule is COCCOCCOCCNC(=O)C(CCC(=O)NO)CC(=O)[C@@H](Cc1ccccc1)NC(=O)[C@@H](CC(C)=O)Cc1ccc(O)cc1. The third-order valence-electron chi connectivity index (χ3n) is 7.32. The van der Waals surface area contributed by atoms with Gasteiger partial charge in [-0.05, 0) is 49.4 Å². The number of hydrogen-bond acceptors (Lipinski definition) is 10. The second kappa shape index (κ2) is 22.4. The summed E-state index contributed by atoms with van der Waals surface area (Å²) in [6.45, 7) is 3.33. The monoisotopic (exact) mass is 657 g/mol. The van der Waals surface area contributed by atoms with Gasteiger partial charge in [0.05, 0.1) is 39.1 Å². The number of carbonyl (C=O) groups is 5. The second-order valence-electron chi connectivity index (χ2n) is 11.2. The van der Waals surface area contributed by atoms with Crippen molar-refractivity contribution >= 4 is 29.3 Å². The topological polar surface area (TPSA) is 190 Å². The van der Waals surface area contributed by atoms with Crippen LogP contribution in [0.25, 0.3) is 0 Å². The van der Waals surface area contributed by atoms with Gasteiger partial charge in [0.25, 0.3) is 0 Å². The Morgan fingerprint density at radius 2 is 1.40 bits per heavy atom. The molecule has 3 amide bonds. The Bertz CT molecular complexity index is 1260. The van der Waals surface area contributed by atoms with Crippen molar-refractivity contribution in [1.29, 1.82) is 0 Å².